The summed E-state index contributed by atoms with van der Waals surface area (Å²) in [7, 11) is 0. The molecule has 0 aliphatic heterocycles. The molecule has 0 unspecified atom stereocenters. The zero-order chi connectivity index (χ0) is 9.10. The van der Waals surface area contributed by atoms with Crippen molar-refractivity contribution < 1.29 is 4.79 Å². The van der Waals surface area contributed by atoms with Crippen LogP contribution < -0.4 is 0 Å². The van der Waals surface area contributed by atoms with Crippen molar-refractivity contribution in [1.82, 2.24) is 9.55 Å². The van der Waals surface area contributed by atoms with E-state index in [1.807, 2.05) is 12.1 Å². The van der Waals surface area contributed by atoms with Gasteiger partial charge in [-0.05, 0) is 24.3 Å². The Morgan fingerprint density at radius 2 is 1.77 bits per heavy atom. The average molecular weight is 172 g/mol. The van der Waals surface area contributed by atoms with E-state index >= 15 is 0 Å². The molecule has 0 N–H and O–H groups in total. The molecular formula is C10H8N2O. The number of pyridine rings is 1. The third kappa shape index (κ3) is 1.49. The van der Waals surface area contributed by atoms with E-state index in [-0.39, 0.29) is 5.91 Å². The van der Waals surface area contributed by atoms with Crippen LogP contribution in [0.3, 0.4) is 0 Å². The second-order valence-corrected chi connectivity index (χ2v) is 2.63. The van der Waals surface area contributed by atoms with Gasteiger partial charge in [-0.3, -0.25) is 14.3 Å². The summed E-state index contributed by atoms with van der Waals surface area (Å²) in [6.07, 6.45) is 6.67. The maximum absolute atomic E-state index is 11.6. The molecule has 13 heavy (non-hydrogen) atoms. The molecule has 0 spiro atoms. The van der Waals surface area contributed by atoms with Gasteiger partial charge in [-0.25, -0.2) is 0 Å². The van der Waals surface area contributed by atoms with E-state index in [9.17, 15) is 4.79 Å². The maximum atomic E-state index is 11.6. The standard InChI is InChI=1S/C10H8N2O/c13-10(12-7-1-2-8-12)9-3-5-11-6-4-9/h1-8H. The third-order valence-electron chi connectivity index (χ3n) is 1.77. The number of rotatable bonds is 1. The summed E-state index contributed by atoms with van der Waals surface area (Å²) in [5.41, 5.74) is 0.645. The van der Waals surface area contributed by atoms with Gasteiger partial charge in [0.15, 0.2) is 0 Å². The van der Waals surface area contributed by atoms with Crippen molar-refractivity contribution in [2.24, 2.45) is 0 Å². The topological polar surface area (TPSA) is 34.9 Å². The molecule has 3 nitrogen and oxygen atoms in total. The minimum absolute atomic E-state index is 0.0348. The fraction of sp³-hybridized carbons (Fsp3) is 0. The van der Waals surface area contributed by atoms with Gasteiger partial charge in [0.2, 0.25) is 0 Å². The summed E-state index contributed by atoms with van der Waals surface area (Å²) in [4.78, 5) is 15.5. The van der Waals surface area contributed by atoms with Crippen LogP contribution in [-0.4, -0.2) is 15.5 Å². The molecule has 2 aromatic rings. The Hall–Kier alpha value is -1.90. The van der Waals surface area contributed by atoms with Crippen LogP contribution in [-0.2, 0) is 0 Å². The van der Waals surface area contributed by atoms with E-state index in [1.54, 1.807) is 36.9 Å². The molecule has 0 saturated heterocycles. The largest absolute Gasteiger partial charge is 0.291 e. The van der Waals surface area contributed by atoms with Gasteiger partial charge in [0.25, 0.3) is 5.91 Å². The van der Waals surface area contributed by atoms with Crippen molar-refractivity contribution in [2.75, 3.05) is 0 Å². The molecule has 0 amide bonds. The van der Waals surface area contributed by atoms with E-state index in [2.05, 4.69) is 4.98 Å². The highest BCUT2D eigenvalue weighted by Gasteiger charge is 2.04. The Balaban J connectivity index is 2.34. The van der Waals surface area contributed by atoms with Crippen LogP contribution in [0.5, 0.6) is 0 Å². The lowest BCUT2D eigenvalue weighted by Gasteiger charge is -1.99. The lowest BCUT2D eigenvalue weighted by atomic mass is 10.2. The number of nitrogens with zero attached hydrogens (tertiary/aromatic N) is 2. The molecule has 2 heterocycles. The van der Waals surface area contributed by atoms with Gasteiger partial charge < -0.3 is 0 Å². The summed E-state index contributed by atoms with van der Waals surface area (Å²) >= 11 is 0. The number of aromatic nitrogens is 2. The van der Waals surface area contributed by atoms with Crippen LogP contribution >= 0.6 is 0 Å². The molecule has 0 radical (unpaired) electrons. The molecule has 0 bridgehead atoms. The first-order chi connectivity index (χ1) is 6.38. The highest BCUT2D eigenvalue weighted by Crippen LogP contribution is 2.01. The van der Waals surface area contributed by atoms with Gasteiger partial charge in [0.1, 0.15) is 0 Å². The van der Waals surface area contributed by atoms with Gasteiger partial charge in [-0.1, -0.05) is 0 Å². The quantitative estimate of drug-likeness (QED) is 0.654. The Morgan fingerprint density at radius 3 is 2.38 bits per heavy atom. The van der Waals surface area contributed by atoms with Gasteiger partial charge in [0.05, 0.1) is 0 Å². The SMILES string of the molecule is O=C(c1ccncc1)n1cccc1. The summed E-state index contributed by atoms with van der Waals surface area (Å²) in [5.74, 6) is -0.0348. The predicted molar refractivity (Wildman–Crippen MR) is 48.4 cm³/mol. The Bertz CT molecular complexity index is 392. The molecule has 2 aromatic heterocycles. The molecular weight excluding hydrogens is 164 g/mol. The fourth-order valence-electron chi connectivity index (χ4n) is 1.11. The Kier molecular flexibility index (Phi) is 1.92. The molecule has 64 valence electrons. The smallest absolute Gasteiger partial charge is 0.261 e. The van der Waals surface area contributed by atoms with E-state index in [1.165, 1.54) is 4.57 Å². The zero-order valence-corrected chi connectivity index (χ0v) is 6.92. The first-order valence-corrected chi connectivity index (χ1v) is 3.95. The van der Waals surface area contributed by atoms with Crippen molar-refractivity contribution in [3.05, 3.63) is 54.6 Å². The van der Waals surface area contributed by atoms with E-state index < -0.39 is 0 Å². The van der Waals surface area contributed by atoms with Crippen molar-refractivity contribution >= 4 is 5.91 Å². The summed E-state index contributed by atoms with van der Waals surface area (Å²) in [6, 6.07) is 7.03. The van der Waals surface area contributed by atoms with Crippen LogP contribution in [0.15, 0.2) is 49.1 Å². The van der Waals surface area contributed by atoms with Crippen molar-refractivity contribution in [3.8, 4) is 0 Å². The summed E-state index contributed by atoms with van der Waals surface area (Å²) in [6.45, 7) is 0. The van der Waals surface area contributed by atoms with Gasteiger partial charge in [-0.2, -0.15) is 0 Å². The maximum Gasteiger partial charge on any atom is 0.261 e. The van der Waals surface area contributed by atoms with Crippen LogP contribution in [0, 0.1) is 0 Å². The minimum atomic E-state index is -0.0348. The number of carbonyl (C=O) groups is 1. The molecule has 0 fully saturated rings. The third-order valence-corrected chi connectivity index (χ3v) is 1.77. The number of hydrogen-bond donors (Lipinski definition) is 0. The molecule has 0 aliphatic carbocycles. The lowest BCUT2D eigenvalue weighted by Crippen LogP contribution is -2.09. The van der Waals surface area contributed by atoms with Crippen LogP contribution in [0.4, 0.5) is 0 Å². The molecule has 0 saturated carbocycles. The monoisotopic (exact) mass is 172 g/mol. The fourth-order valence-corrected chi connectivity index (χ4v) is 1.11. The van der Waals surface area contributed by atoms with Crippen molar-refractivity contribution in [3.63, 3.8) is 0 Å². The van der Waals surface area contributed by atoms with E-state index in [4.69, 9.17) is 0 Å². The molecule has 0 atom stereocenters. The van der Waals surface area contributed by atoms with E-state index in [0.29, 0.717) is 5.56 Å². The first-order valence-electron chi connectivity index (χ1n) is 3.95. The molecule has 2 rings (SSSR count). The van der Waals surface area contributed by atoms with Gasteiger partial charge in [-0.15, -0.1) is 0 Å². The predicted octanol–water partition coefficient (Wildman–Crippen LogP) is 1.57. The van der Waals surface area contributed by atoms with Crippen LogP contribution in [0.2, 0.25) is 0 Å². The first kappa shape index (κ1) is 7.73. The Labute approximate surface area is 75.7 Å². The highest BCUT2D eigenvalue weighted by molar-refractivity contribution is 5.95. The van der Waals surface area contributed by atoms with Crippen molar-refractivity contribution in [1.29, 1.82) is 0 Å². The van der Waals surface area contributed by atoms with Crippen LogP contribution in [0.25, 0.3) is 0 Å². The second-order valence-electron chi connectivity index (χ2n) is 2.63. The minimum Gasteiger partial charge on any atom is -0.291 e. The zero-order valence-electron chi connectivity index (χ0n) is 6.92. The molecule has 0 aliphatic rings. The number of hydrogen-bond acceptors (Lipinski definition) is 2. The second kappa shape index (κ2) is 3.23. The normalized spacial score (nSPS) is 9.85. The van der Waals surface area contributed by atoms with Crippen LogP contribution in [0.1, 0.15) is 10.4 Å². The van der Waals surface area contributed by atoms with E-state index in [0.717, 1.165) is 0 Å². The average Bonchev–Trinajstić information content (AvgIpc) is 2.71. The summed E-state index contributed by atoms with van der Waals surface area (Å²) < 4.78 is 1.54. The van der Waals surface area contributed by atoms with Crippen molar-refractivity contribution in [2.45, 2.75) is 0 Å². The number of carbonyl (C=O) groups excluding carboxylic acids is 1. The lowest BCUT2D eigenvalue weighted by molar-refractivity contribution is 0.0960. The molecule has 0 aromatic carbocycles. The van der Waals surface area contributed by atoms with Gasteiger partial charge >= 0.3 is 0 Å². The molecule has 3 heteroatoms. The highest BCUT2D eigenvalue weighted by atomic mass is 16.2. The Morgan fingerprint density at radius 1 is 1.15 bits per heavy atom. The summed E-state index contributed by atoms with van der Waals surface area (Å²) in [5, 5.41) is 0. The van der Waals surface area contributed by atoms with Gasteiger partial charge in [0, 0.05) is 30.4 Å².